The van der Waals surface area contributed by atoms with E-state index in [2.05, 4.69) is 51.8 Å². The van der Waals surface area contributed by atoms with E-state index < -0.39 is 0 Å². The normalized spacial score (nSPS) is 27.8. The van der Waals surface area contributed by atoms with E-state index in [-0.39, 0.29) is 0 Å². The molecule has 0 aromatic heterocycles. The van der Waals surface area contributed by atoms with E-state index in [4.69, 9.17) is 0 Å². The highest BCUT2D eigenvalue weighted by atomic mass is 79.9. The highest BCUT2D eigenvalue weighted by Gasteiger charge is 2.20. The summed E-state index contributed by atoms with van der Waals surface area (Å²) in [5.74, 6) is 2.66. The summed E-state index contributed by atoms with van der Waals surface area (Å²) in [4.78, 5) is 0. The molecule has 0 heterocycles. The van der Waals surface area contributed by atoms with Gasteiger partial charge in [-0.05, 0) is 81.7 Å². The van der Waals surface area contributed by atoms with Gasteiger partial charge in [-0.25, -0.2) is 0 Å². The molecule has 14 heavy (non-hydrogen) atoms. The molecule has 0 saturated heterocycles. The quantitative estimate of drug-likeness (QED) is 0.646. The van der Waals surface area contributed by atoms with Crippen LogP contribution in [0.4, 0.5) is 0 Å². The average molecular weight is 324 g/mol. The van der Waals surface area contributed by atoms with Crippen LogP contribution in [-0.4, -0.2) is 0 Å². The molecule has 1 saturated carbocycles. The van der Waals surface area contributed by atoms with Crippen LogP contribution in [0.25, 0.3) is 0 Å². The van der Waals surface area contributed by atoms with E-state index in [1.54, 1.807) is 0 Å². The van der Waals surface area contributed by atoms with Crippen molar-refractivity contribution >= 4 is 31.9 Å². The summed E-state index contributed by atoms with van der Waals surface area (Å²) in [6.45, 7) is 4.67. The van der Waals surface area contributed by atoms with Crippen molar-refractivity contribution < 1.29 is 0 Å². The average Bonchev–Trinajstić information content (AvgIpc) is 2.06. The zero-order chi connectivity index (χ0) is 10.6. The molecule has 1 aliphatic rings. The summed E-state index contributed by atoms with van der Waals surface area (Å²) in [7, 11) is 0. The number of hydrogen-bond acceptors (Lipinski definition) is 0. The zero-order valence-electron chi connectivity index (χ0n) is 9.10. The monoisotopic (exact) mass is 322 g/mol. The molecule has 0 aromatic rings. The predicted molar refractivity (Wildman–Crippen MR) is 70.8 cm³/mol. The Morgan fingerprint density at radius 3 is 2.21 bits per heavy atom. The van der Waals surface area contributed by atoms with E-state index in [0.717, 1.165) is 21.1 Å². The van der Waals surface area contributed by atoms with Crippen molar-refractivity contribution in [1.82, 2.24) is 0 Å². The summed E-state index contributed by atoms with van der Waals surface area (Å²) in [5, 5.41) is 0. The van der Waals surface area contributed by atoms with Gasteiger partial charge in [-0.1, -0.05) is 19.9 Å². The maximum atomic E-state index is 3.44. The maximum absolute atomic E-state index is 3.44. The van der Waals surface area contributed by atoms with Gasteiger partial charge in [-0.15, -0.1) is 0 Å². The van der Waals surface area contributed by atoms with Gasteiger partial charge in [-0.3, -0.25) is 0 Å². The van der Waals surface area contributed by atoms with Crippen LogP contribution < -0.4 is 0 Å². The Hall–Kier alpha value is 0.700. The van der Waals surface area contributed by atoms with E-state index >= 15 is 0 Å². The van der Waals surface area contributed by atoms with Crippen molar-refractivity contribution in [2.45, 2.75) is 46.0 Å². The first-order valence-electron chi connectivity index (χ1n) is 5.60. The van der Waals surface area contributed by atoms with Gasteiger partial charge < -0.3 is 0 Å². The third-order valence-corrected chi connectivity index (χ3v) is 3.59. The zero-order valence-corrected chi connectivity index (χ0v) is 12.3. The van der Waals surface area contributed by atoms with Gasteiger partial charge in [0.2, 0.25) is 0 Å². The largest absolute Gasteiger partial charge is 0.0628 e. The number of halogens is 2. The second-order valence-electron chi connectivity index (χ2n) is 4.87. The summed E-state index contributed by atoms with van der Waals surface area (Å²) in [6, 6.07) is 0. The van der Waals surface area contributed by atoms with E-state index in [0.29, 0.717) is 0 Å². The van der Waals surface area contributed by atoms with Crippen LogP contribution in [-0.2, 0) is 0 Å². The van der Waals surface area contributed by atoms with Crippen LogP contribution >= 0.6 is 31.9 Å². The van der Waals surface area contributed by atoms with Gasteiger partial charge in [0.1, 0.15) is 0 Å². The molecule has 0 aromatic carbocycles. The fourth-order valence-corrected chi connectivity index (χ4v) is 3.18. The fraction of sp³-hybridized carbons (Fsp3) is 0.833. The van der Waals surface area contributed by atoms with Gasteiger partial charge in [0.15, 0.2) is 0 Å². The van der Waals surface area contributed by atoms with Crippen LogP contribution in [0.5, 0.6) is 0 Å². The summed E-state index contributed by atoms with van der Waals surface area (Å²) >= 11 is 6.89. The van der Waals surface area contributed by atoms with Crippen molar-refractivity contribution in [3.05, 3.63) is 9.47 Å². The molecule has 1 rings (SSSR count). The van der Waals surface area contributed by atoms with Gasteiger partial charge in [-0.2, -0.15) is 0 Å². The lowest BCUT2D eigenvalue weighted by atomic mass is 9.79. The van der Waals surface area contributed by atoms with E-state index in [1.807, 2.05) is 0 Å². The number of allylic oxidation sites excluding steroid dienone is 1. The summed E-state index contributed by atoms with van der Waals surface area (Å²) < 4.78 is 1.12. The van der Waals surface area contributed by atoms with Gasteiger partial charge >= 0.3 is 0 Å². The second kappa shape index (κ2) is 6.32. The Labute approximate surface area is 105 Å². The third-order valence-electron chi connectivity index (χ3n) is 3.06. The molecule has 0 bridgehead atoms. The highest BCUT2D eigenvalue weighted by molar-refractivity contribution is 9.28. The molecule has 2 heteroatoms. The standard InChI is InChI=1S/C12H20Br2/c1-9(2)7-10-3-5-11(6-4-10)8-12(13)14/h8-11H,3-7H2,1-2H3/t10-,11-. The first kappa shape index (κ1) is 12.8. The smallest absolute Gasteiger partial charge is 0.0567 e. The van der Waals surface area contributed by atoms with E-state index in [1.165, 1.54) is 32.1 Å². The molecule has 0 atom stereocenters. The lowest BCUT2D eigenvalue weighted by molar-refractivity contribution is 0.271. The Balaban J connectivity index is 2.28. The van der Waals surface area contributed by atoms with Crippen LogP contribution in [0.3, 0.4) is 0 Å². The van der Waals surface area contributed by atoms with Crippen molar-refractivity contribution in [2.24, 2.45) is 17.8 Å². The minimum Gasteiger partial charge on any atom is -0.0628 e. The second-order valence-corrected chi connectivity index (χ2v) is 7.64. The Kier molecular flexibility index (Phi) is 5.76. The van der Waals surface area contributed by atoms with Crippen LogP contribution in [0.2, 0.25) is 0 Å². The number of rotatable bonds is 3. The highest BCUT2D eigenvalue weighted by Crippen LogP contribution is 2.34. The molecule has 82 valence electrons. The Morgan fingerprint density at radius 1 is 1.21 bits per heavy atom. The first-order chi connectivity index (χ1) is 6.58. The third kappa shape index (κ3) is 4.97. The van der Waals surface area contributed by atoms with Crippen LogP contribution in [0.1, 0.15) is 46.0 Å². The SMILES string of the molecule is CC(C)C[C@H]1CC[C@H](C=C(Br)Br)CC1. The summed E-state index contributed by atoms with van der Waals surface area (Å²) in [6.07, 6.45) is 9.33. The topological polar surface area (TPSA) is 0 Å². The van der Waals surface area contributed by atoms with Crippen molar-refractivity contribution in [3.63, 3.8) is 0 Å². The van der Waals surface area contributed by atoms with Crippen LogP contribution in [0, 0.1) is 17.8 Å². The van der Waals surface area contributed by atoms with Gasteiger partial charge in [0, 0.05) is 0 Å². The van der Waals surface area contributed by atoms with E-state index in [9.17, 15) is 0 Å². The van der Waals surface area contributed by atoms with Crippen molar-refractivity contribution in [2.75, 3.05) is 0 Å². The van der Waals surface area contributed by atoms with Gasteiger partial charge in [0.25, 0.3) is 0 Å². The molecular weight excluding hydrogens is 304 g/mol. The molecule has 1 aliphatic carbocycles. The maximum Gasteiger partial charge on any atom is 0.0567 e. The molecule has 0 unspecified atom stereocenters. The van der Waals surface area contributed by atoms with Crippen molar-refractivity contribution in [3.8, 4) is 0 Å². The van der Waals surface area contributed by atoms with Crippen LogP contribution in [0.15, 0.2) is 9.47 Å². The molecular formula is C12H20Br2. The minimum absolute atomic E-state index is 0.798. The molecule has 0 amide bonds. The first-order valence-corrected chi connectivity index (χ1v) is 7.19. The lowest BCUT2D eigenvalue weighted by Crippen LogP contribution is -2.14. The molecule has 0 spiro atoms. The molecule has 0 aliphatic heterocycles. The fourth-order valence-electron chi connectivity index (χ4n) is 2.44. The Bertz CT molecular complexity index is 184. The lowest BCUT2D eigenvalue weighted by Gasteiger charge is -2.27. The number of hydrogen-bond donors (Lipinski definition) is 0. The summed E-state index contributed by atoms with van der Waals surface area (Å²) in [5.41, 5.74) is 0. The molecule has 1 fully saturated rings. The predicted octanol–water partition coefficient (Wildman–Crippen LogP) is 5.47. The minimum atomic E-state index is 0.798. The molecule has 0 nitrogen and oxygen atoms in total. The van der Waals surface area contributed by atoms with Crippen molar-refractivity contribution in [1.29, 1.82) is 0 Å². The van der Waals surface area contributed by atoms with Gasteiger partial charge in [0.05, 0.1) is 3.39 Å². The molecule has 0 radical (unpaired) electrons. The molecule has 0 N–H and O–H groups in total. The Morgan fingerprint density at radius 2 is 1.79 bits per heavy atom.